The first-order chi connectivity index (χ1) is 15.0. The van der Waals surface area contributed by atoms with Crippen molar-refractivity contribution in [2.24, 2.45) is 0 Å². The van der Waals surface area contributed by atoms with Crippen LogP contribution >= 0.6 is 12.4 Å². The van der Waals surface area contributed by atoms with Gasteiger partial charge < -0.3 is 14.7 Å². The summed E-state index contributed by atoms with van der Waals surface area (Å²) in [5, 5.41) is 9.80. The number of ether oxygens (including phenoxy) is 1. The molecule has 0 unspecified atom stereocenters. The number of halogens is 1. The third kappa shape index (κ3) is 6.62. The van der Waals surface area contributed by atoms with Crippen molar-refractivity contribution in [1.82, 2.24) is 4.90 Å². The van der Waals surface area contributed by atoms with Crippen molar-refractivity contribution in [2.75, 3.05) is 27.2 Å². The summed E-state index contributed by atoms with van der Waals surface area (Å²) < 4.78 is 5.88. The Morgan fingerprint density at radius 2 is 1.31 bits per heavy atom. The van der Waals surface area contributed by atoms with Gasteiger partial charge in [0.2, 0.25) is 0 Å². The second kappa shape index (κ2) is 12.3. The van der Waals surface area contributed by atoms with Crippen LogP contribution in [0.3, 0.4) is 0 Å². The molecule has 0 aliphatic carbocycles. The summed E-state index contributed by atoms with van der Waals surface area (Å²) in [6, 6.07) is 24.7. The number of likely N-dealkylation sites (N-methyl/N-ethyl adjacent to an activating group) is 1. The molecule has 170 valence electrons. The number of phenolic OH excluding ortho intramolecular Hbond substituents is 1. The van der Waals surface area contributed by atoms with Crippen LogP contribution in [0.2, 0.25) is 0 Å². The van der Waals surface area contributed by atoms with Gasteiger partial charge in [-0.3, -0.25) is 0 Å². The highest BCUT2D eigenvalue weighted by Gasteiger charge is 2.13. The van der Waals surface area contributed by atoms with Gasteiger partial charge in [-0.15, -0.1) is 12.4 Å². The third-order valence-electron chi connectivity index (χ3n) is 5.47. The molecule has 3 aromatic rings. The van der Waals surface area contributed by atoms with Crippen LogP contribution in [0.15, 0.2) is 72.8 Å². The monoisotopic (exact) mass is 451 g/mol. The second-order valence-corrected chi connectivity index (χ2v) is 7.98. The fourth-order valence-corrected chi connectivity index (χ4v) is 3.67. The molecule has 0 saturated carbocycles. The van der Waals surface area contributed by atoms with E-state index in [0.29, 0.717) is 6.61 Å². The Morgan fingerprint density at radius 1 is 0.781 bits per heavy atom. The van der Waals surface area contributed by atoms with Crippen molar-refractivity contribution in [1.29, 1.82) is 0 Å². The molecule has 0 amide bonds. The Morgan fingerprint density at radius 3 is 1.81 bits per heavy atom. The molecule has 0 bridgehead atoms. The number of phenols is 1. The van der Waals surface area contributed by atoms with Gasteiger partial charge in [-0.1, -0.05) is 62.4 Å². The van der Waals surface area contributed by atoms with E-state index in [-0.39, 0.29) is 18.2 Å². The first-order valence-corrected chi connectivity index (χ1v) is 11.0. The lowest BCUT2D eigenvalue weighted by atomic mass is 9.88. The first-order valence-electron chi connectivity index (χ1n) is 11.0. The molecule has 0 aromatic heterocycles. The van der Waals surface area contributed by atoms with Gasteiger partial charge in [0.25, 0.3) is 0 Å². The van der Waals surface area contributed by atoms with E-state index in [1.54, 1.807) is 12.1 Å². The second-order valence-electron chi connectivity index (χ2n) is 7.98. The van der Waals surface area contributed by atoms with E-state index >= 15 is 0 Å². The van der Waals surface area contributed by atoms with Gasteiger partial charge in [0.15, 0.2) is 0 Å². The number of hydrogen-bond acceptors (Lipinski definition) is 3. The lowest BCUT2D eigenvalue weighted by Crippen LogP contribution is -2.19. The summed E-state index contributed by atoms with van der Waals surface area (Å²) in [6.45, 7) is 5.92. The SMILES string of the molecule is CC/C(=C(\c1ccc(O)cc1)c1ccc(OCCN(C)C)cc1)c1ccc(CC)cc1.Cl. The maximum atomic E-state index is 9.80. The summed E-state index contributed by atoms with van der Waals surface area (Å²) in [5.41, 5.74) is 7.28. The third-order valence-corrected chi connectivity index (χ3v) is 5.47. The molecule has 0 fully saturated rings. The number of nitrogens with zero attached hydrogens (tertiary/aromatic N) is 1. The zero-order valence-electron chi connectivity index (χ0n) is 19.5. The smallest absolute Gasteiger partial charge is 0.119 e. The molecule has 0 atom stereocenters. The highest BCUT2D eigenvalue weighted by atomic mass is 35.5. The van der Waals surface area contributed by atoms with Crippen LogP contribution in [-0.2, 0) is 6.42 Å². The zero-order chi connectivity index (χ0) is 22.2. The molecule has 0 heterocycles. The van der Waals surface area contributed by atoms with E-state index in [1.807, 2.05) is 38.4 Å². The van der Waals surface area contributed by atoms with E-state index in [1.165, 1.54) is 22.3 Å². The molecule has 0 aliphatic rings. The normalized spacial score (nSPS) is 11.7. The maximum absolute atomic E-state index is 9.80. The van der Waals surface area contributed by atoms with E-state index in [0.717, 1.165) is 36.3 Å². The van der Waals surface area contributed by atoms with Crippen molar-refractivity contribution in [3.05, 3.63) is 95.1 Å². The van der Waals surface area contributed by atoms with Crippen molar-refractivity contribution >= 4 is 23.6 Å². The molecule has 0 saturated heterocycles. The molecular formula is C28H34ClNO2. The predicted octanol–water partition coefficient (Wildman–Crippen LogP) is 6.69. The standard InChI is InChI=1S/C28H33NO2.ClH/c1-5-21-7-9-22(10-8-21)27(6-2)28(23-11-15-25(30)16-12-23)24-13-17-26(18-14-24)31-20-19-29(3)4;/h7-18,30H,5-6,19-20H2,1-4H3;1H/b28-27-;. The van der Waals surface area contributed by atoms with Crippen LogP contribution in [-0.4, -0.2) is 37.3 Å². The van der Waals surface area contributed by atoms with Gasteiger partial charge >= 0.3 is 0 Å². The molecule has 0 radical (unpaired) electrons. The minimum atomic E-state index is 0. The van der Waals surface area contributed by atoms with Gasteiger partial charge in [0.05, 0.1) is 0 Å². The van der Waals surface area contributed by atoms with Gasteiger partial charge in [-0.25, -0.2) is 0 Å². The number of hydrogen-bond donors (Lipinski definition) is 1. The molecule has 32 heavy (non-hydrogen) atoms. The van der Waals surface area contributed by atoms with E-state index in [4.69, 9.17) is 4.74 Å². The summed E-state index contributed by atoms with van der Waals surface area (Å²) >= 11 is 0. The van der Waals surface area contributed by atoms with Crippen molar-refractivity contribution < 1.29 is 9.84 Å². The van der Waals surface area contributed by atoms with E-state index in [2.05, 4.69) is 55.1 Å². The zero-order valence-corrected chi connectivity index (χ0v) is 20.3. The number of allylic oxidation sites excluding steroid dienone is 1. The molecule has 0 spiro atoms. The van der Waals surface area contributed by atoms with Gasteiger partial charge in [-0.05, 0) is 84.6 Å². The summed E-state index contributed by atoms with van der Waals surface area (Å²) in [7, 11) is 4.08. The first kappa shape index (κ1) is 25.5. The summed E-state index contributed by atoms with van der Waals surface area (Å²) in [5.74, 6) is 1.15. The molecule has 3 aromatic carbocycles. The minimum Gasteiger partial charge on any atom is -0.508 e. The Balaban J connectivity index is 0.00000363. The quantitative estimate of drug-likeness (QED) is 0.368. The lowest BCUT2D eigenvalue weighted by Gasteiger charge is -2.17. The van der Waals surface area contributed by atoms with Crippen LogP contribution in [0.4, 0.5) is 0 Å². The fourth-order valence-electron chi connectivity index (χ4n) is 3.67. The number of rotatable bonds is 9. The number of aromatic hydroxyl groups is 1. The molecule has 3 rings (SSSR count). The number of aryl methyl sites for hydroxylation is 1. The number of benzene rings is 3. The molecule has 4 heteroatoms. The topological polar surface area (TPSA) is 32.7 Å². The average Bonchev–Trinajstić information content (AvgIpc) is 2.79. The van der Waals surface area contributed by atoms with Crippen LogP contribution in [0.5, 0.6) is 11.5 Å². The van der Waals surface area contributed by atoms with E-state index < -0.39 is 0 Å². The lowest BCUT2D eigenvalue weighted by molar-refractivity contribution is 0.261. The van der Waals surface area contributed by atoms with Crippen molar-refractivity contribution in [3.63, 3.8) is 0 Å². The Hall–Kier alpha value is -2.75. The minimum absolute atomic E-state index is 0. The average molecular weight is 452 g/mol. The molecule has 1 N–H and O–H groups in total. The van der Waals surface area contributed by atoms with Gasteiger partial charge in [0.1, 0.15) is 18.1 Å². The molecule has 3 nitrogen and oxygen atoms in total. The Kier molecular flexibility index (Phi) is 9.83. The van der Waals surface area contributed by atoms with Crippen molar-refractivity contribution in [3.8, 4) is 11.5 Å². The highest BCUT2D eigenvalue weighted by Crippen LogP contribution is 2.35. The largest absolute Gasteiger partial charge is 0.508 e. The highest BCUT2D eigenvalue weighted by molar-refractivity contribution is 5.98. The Labute approximate surface area is 198 Å². The van der Waals surface area contributed by atoms with Gasteiger partial charge in [-0.2, -0.15) is 0 Å². The molecular weight excluding hydrogens is 418 g/mol. The van der Waals surface area contributed by atoms with Gasteiger partial charge in [0, 0.05) is 6.54 Å². The van der Waals surface area contributed by atoms with Crippen LogP contribution < -0.4 is 4.74 Å². The fraction of sp³-hybridized carbons (Fsp3) is 0.286. The molecule has 0 aliphatic heterocycles. The van der Waals surface area contributed by atoms with Crippen LogP contribution in [0.25, 0.3) is 11.1 Å². The predicted molar refractivity (Wildman–Crippen MR) is 138 cm³/mol. The van der Waals surface area contributed by atoms with Crippen LogP contribution in [0.1, 0.15) is 42.5 Å². The van der Waals surface area contributed by atoms with Crippen LogP contribution in [0, 0.1) is 0 Å². The summed E-state index contributed by atoms with van der Waals surface area (Å²) in [6.07, 6.45) is 1.94. The van der Waals surface area contributed by atoms with Crippen molar-refractivity contribution in [2.45, 2.75) is 26.7 Å². The Bertz CT molecular complexity index is 991. The maximum Gasteiger partial charge on any atom is 0.119 e. The summed E-state index contributed by atoms with van der Waals surface area (Å²) in [4.78, 5) is 2.11. The van der Waals surface area contributed by atoms with E-state index in [9.17, 15) is 5.11 Å².